The van der Waals surface area contributed by atoms with Crippen molar-refractivity contribution < 1.29 is 9.59 Å². The van der Waals surface area contributed by atoms with Crippen LogP contribution >= 0.6 is 0 Å². The van der Waals surface area contributed by atoms with E-state index in [1.54, 1.807) is 0 Å². The van der Waals surface area contributed by atoms with Gasteiger partial charge in [-0.2, -0.15) is 0 Å². The lowest BCUT2D eigenvalue weighted by Crippen LogP contribution is -2.45. The number of piperidine rings is 1. The van der Waals surface area contributed by atoms with Crippen molar-refractivity contribution in [2.24, 2.45) is 5.92 Å². The quantitative estimate of drug-likeness (QED) is 0.694. The number of hydrogen-bond donors (Lipinski definition) is 2. The number of nitrogens with one attached hydrogen (secondary N) is 2. The Morgan fingerprint density at radius 3 is 2.41 bits per heavy atom. The maximum Gasteiger partial charge on any atom is 0.253 e. The Balaban J connectivity index is 1.32. The van der Waals surface area contributed by atoms with Gasteiger partial charge in [-0.1, -0.05) is 49.1 Å². The van der Waals surface area contributed by atoms with E-state index in [1.165, 1.54) is 32.1 Å². The normalized spacial score (nSPS) is 17.7. The van der Waals surface area contributed by atoms with Crippen molar-refractivity contribution in [1.29, 1.82) is 0 Å². The molecule has 2 aliphatic rings. The molecule has 0 bridgehead atoms. The maximum atomic E-state index is 13.0. The lowest BCUT2D eigenvalue weighted by atomic mass is 9.89. The molecule has 4 rings (SSSR count). The van der Waals surface area contributed by atoms with Gasteiger partial charge in [0.2, 0.25) is 0 Å². The minimum absolute atomic E-state index is 0.00496. The minimum Gasteiger partial charge on any atom is -0.371 e. The first kappa shape index (κ1) is 22.4. The van der Waals surface area contributed by atoms with Crippen LogP contribution in [0.25, 0.3) is 0 Å². The number of hydrogen-bond acceptors (Lipinski definition) is 3. The van der Waals surface area contributed by atoms with Crippen LogP contribution in [0.4, 0.5) is 5.69 Å². The number of rotatable bonds is 6. The number of nitrogens with zero attached hydrogens (tertiary/aromatic N) is 1. The summed E-state index contributed by atoms with van der Waals surface area (Å²) in [6.45, 7) is 4.43. The Kier molecular flexibility index (Phi) is 7.46. The van der Waals surface area contributed by atoms with Gasteiger partial charge in [0.15, 0.2) is 0 Å². The van der Waals surface area contributed by atoms with Gasteiger partial charge in [-0.25, -0.2) is 0 Å². The molecule has 2 amide bonds. The van der Waals surface area contributed by atoms with E-state index in [4.69, 9.17) is 0 Å². The molecular weight excluding hydrogens is 398 g/mol. The zero-order valence-electron chi connectivity index (χ0n) is 19.1. The second kappa shape index (κ2) is 10.7. The van der Waals surface area contributed by atoms with E-state index in [2.05, 4.69) is 15.5 Å². The largest absolute Gasteiger partial charge is 0.371 e. The molecule has 0 aromatic heterocycles. The molecule has 0 spiro atoms. The SMILES string of the molecule is Cc1cccc(C(=O)NC2CCN(c3ccccc3C(=O)NCC3CCCCC3)CC2)c1. The van der Waals surface area contributed by atoms with Crippen molar-refractivity contribution in [2.75, 3.05) is 24.5 Å². The van der Waals surface area contributed by atoms with Gasteiger partial charge in [0.1, 0.15) is 0 Å². The first-order chi connectivity index (χ1) is 15.6. The van der Waals surface area contributed by atoms with E-state index in [1.807, 2.05) is 55.5 Å². The van der Waals surface area contributed by atoms with E-state index in [-0.39, 0.29) is 17.9 Å². The highest BCUT2D eigenvalue weighted by Crippen LogP contribution is 2.26. The van der Waals surface area contributed by atoms with Gasteiger partial charge < -0.3 is 15.5 Å². The average molecular weight is 434 g/mol. The van der Waals surface area contributed by atoms with Gasteiger partial charge in [-0.05, 0) is 62.8 Å². The molecule has 1 saturated carbocycles. The molecular formula is C27H35N3O2. The zero-order chi connectivity index (χ0) is 22.3. The Morgan fingerprint density at radius 2 is 1.66 bits per heavy atom. The molecule has 1 aliphatic carbocycles. The average Bonchev–Trinajstić information content (AvgIpc) is 2.84. The number of para-hydroxylation sites is 1. The minimum atomic E-state index is -0.00496. The summed E-state index contributed by atoms with van der Waals surface area (Å²) >= 11 is 0. The molecule has 2 N–H and O–H groups in total. The van der Waals surface area contributed by atoms with Gasteiger partial charge in [0.05, 0.1) is 5.56 Å². The molecule has 2 aromatic carbocycles. The van der Waals surface area contributed by atoms with Crippen molar-refractivity contribution in [2.45, 2.75) is 57.9 Å². The third-order valence-electron chi connectivity index (χ3n) is 6.88. The van der Waals surface area contributed by atoms with Crippen LogP contribution in [-0.2, 0) is 0 Å². The van der Waals surface area contributed by atoms with Crippen molar-refractivity contribution in [3.8, 4) is 0 Å². The van der Waals surface area contributed by atoms with Gasteiger partial charge >= 0.3 is 0 Å². The summed E-state index contributed by atoms with van der Waals surface area (Å²) in [6.07, 6.45) is 8.09. The first-order valence-corrected chi connectivity index (χ1v) is 12.1. The maximum absolute atomic E-state index is 13.0. The van der Waals surface area contributed by atoms with Crippen LogP contribution in [0.5, 0.6) is 0 Å². The van der Waals surface area contributed by atoms with Crippen LogP contribution in [-0.4, -0.2) is 37.5 Å². The number of anilines is 1. The summed E-state index contributed by atoms with van der Waals surface area (Å²) < 4.78 is 0. The van der Waals surface area contributed by atoms with Gasteiger partial charge in [-0.3, -0.25) is 9.59 Å². The topological polar surface area (TPSA) is 61.4 Å². The van der Waals surface area contributed by atoms with Crippen molar-refractivity contribution in [3.63, 3.8) is 0 Å². The molecule has 170 valence electrons. The van der Waals surface area contributed by atoms with Crippen LogP contribution < -0.4 is 15.5 Å². The lowest BCUT2D eigenvalue weighted by Gasteiger charge is -2.35. The molecule has 5 nitrogen and oxygen atoms in total. The van der Waals surface area contributed by atoms with Crippen LogP contribution in [0.15, 0.2) is 48.5 Å². The summed E-state index contributed by atoms with van der Waals surface area (Å²) in [5, 5.41) is 6.37. The third-order valence-corrected chi connectivity index (χ3v) is 6.88. The van der Waals surface area contributed by atoms with E-state index in [0.717, 1.165) is 49.3 Å². The molecule has 2 fully saturated rings. The van der Waals surface area contributed by atoms with Crippen LogP contribution in [0.1, 0.15) is 71.2 Å². The fourth-order valence-electron chi connectivity index (χ4n) is 4.98. The lowest BCUT2D eigenvalue weighted by molar-refractivity contribution is 0.0928. The molecule has 5 heteroatoms. The third kappa shape index (κ3) is 5.70. The molecule has 0 atom stereocenters. The zero-order valence-corrected chi connectivity index (χ0v) is 19.1. The number of benzene rings is 2. The number of carbonyl (C=O) groups excluding carboxylic acids is 2. The highest BCUT2D eigenvalue weighted by Gasteiger charge is 2.24. The highest BCUT2D eigenvalue weighted by atomic mass is 16.2. The Morgan fingerprint density at radius 1 is 0.906 bits per heavy atom. The van der Waals surface area contributed by atoms with Crippen molar-refractivity contribution >= 4 is 17.5 Å². The highest BCUT2D eigenvalue weighted by molar-refractivity contribution is 6.00. The summed E-state index contributed by atoms with van der Waals surface area (Å²) in [6, 6.07) is 15.8. The second-order valence-corrected chi connectivity index (χ2v) is 9.34. The van der Waals surface area contributed by atoms with E-state index < -0.39 is 0 Å². The molecule has 1 aliphatic heterocycles. The molecule has 2 aromatic rings. The number of amides is 2. The van der Waals surface area contributed by atoms with Crippen LogP contribution in [0.3, 0.4) is 0 Å². The van der Waals surface area contributed by atoms with Crippen LogP contribution in [0.2, 0.25) is 0 Å². The molecule has 1 saturated heterocycles. The van der Waals surface area contributed by atoms with Crippen molar-refractivity contribution in [3.05, 3.63) is 65.2 Å². The molecule has 0 unspecified atom stereocenters. The number of carbonyl (C=O) groups is 2. The summed E-state index contributed by atoms with van der Waals surface area (Å²) in [5.41, 5.74) is 3.56. The van der Waals surface area contributed by atoms with E-state index in [0.29, 0.717) is 11.5 Å². The Bertz CT molecular complexity index is 928. The summed E-state index contributed by atoms with van der Waals surface area (Å²) in [7, 11) is 0. The summed E-state index contributed by atoms with van der Waals surface area (Å²) in [4.78, 5) is 27.8. The Labute approximate surface area is 191 Å². The number of aryl methyl sites for hydroxylation is 1. The monoisotopic (exact) mass is 433 g/mol. The molecule has 32 heavy (non-hydrogen) atoms. The van der Waals surface area contributed by atoms with E-state index in [9.17, 15) is 9.59 Å². The fourth-order valence-corrected chi connectivity index (χ4v) is 4.98. The summed E-state index contributed by atoms with van der Waals surface area (Å²) in [5.74, 6) is 0.642. The predicted molar refractivity (Wildman–Crippen MR) is 129 cm³/mol. The second-order valence-electron chi connectivity index (χ2n) is 9.34. The van der Waals surface area contributed by atoms with Gasteiger partial charge in [0.25, 0.3) is 11.8 Å². The van der Waals surface area contributed by atoms with E-state index >= 15 is 0 Å². The fraction of sp³-hybridized carbons (Fsp3) is 0.481. The van der Waals surface area contributed by atoms with Gasteiger partial charge in [0, 0.05) is 36.9 Å². The predicted octanol–water partition coefficient (Wildman–Crippen LogP) is 4.70. The van der Waals surface area contributed by atoms with Crippen molar-refractivity contribution in [1.82, 2.24) is 10.6 Å². The van der Waals surface area contributed by atoms with Gasteiger partial charge in [-0.15, -0.1) is 0 Å². The smallest absolute Gasteiger partial charge is 0.253 e. The molecule has 1 heterocycles. The molecule has 0 radical (unpaired) electrons. The Hall–Kier alpha value is -2.82. The van der Waals surface area contributed by atoms with Crippen LogP contribution in [0, 0.1) is 12.8 Å². The first-order valence-electron chi connectivity index (χ1n) is 12.1. The standard InChI is InChI=1S/C27H35N3O2/c1-20-8-7-11-22(18-20)26(31)29-23-14-16-30(17-15-23)25-13-6-5-12-24(25)27(32)28-19-21-9-3-2-4-10-21/h5-8,11-13,18,21,23H,2-4,9-10,14-17,19H2,1H3,(H,28,32)(H,29,31).